The lowest BCUT2D eigenvalue weighted by Gasteiger charge is -2.00. The highest BCUT2D eigenvalue weighted by molar-refractivity contribution is 5.13. The Morgan fingerprint density at radius 3 is 2.82 bits per heavy atom. The molecule has 0 aromatic carbocycles. The quantitative estimate of drug-likeness (QED) is 0.413. The molecule has 0 atom stereocenters. The second-order valence-corrected chi connectivity index (χ2v) is 3.40. The maximum atomic E-state index is 2.39. The fourth-order valence-electron chi connectivity index (χ4n) is 1.59. The van der Waals surface area contributed by atoms with Crippen LogP contribution in [-0.4, -0.2) is 0 Å². The second kappa shape index (κ2) is 5.40. The Hall–Kier alpha value is -0.260. The van der Waals surface area contributed by atoms with Gasteiger partial charge in [-0.1, -0.05) is 37.8 Å². The van der Waals surface area contributed by atoms with Gasteiger partial charge in [0.2, 0.25) is 0 Å². The lowest BCUT2D eigenvalue weighted by molar-refractivity contribution is 0.661. The third-order valence-electron chi connectivity index (χ3n) is 2.33. The predicted octanol–water partition coefficient (Wildman–Crippen LogP) is 3.88. The topological polar surface area (TPSA) is 0 Å². The van der Waals surface area contributed by atoms with E-state index in [2.05, 4.69) is 19.4 Å². The van der Waals surface area contributed by atoms with Crippen LogP contribution in [0.2, 0.25) is 0 Å². The average molecular weight is 151 g/mol. The lowest BCUT2D eigenvalue weighted by atomic mass is 10.1. The van der Waals surface area contributed by atoms with Gasteiger partial charge in [0.1, 0.15) is 0 Å². The zero-order chi connectivity index (χ0) is 7.94. The van der Waals surface area contributed by atoms with Crippen molar-refractivity contribution in [2.24, 2.45) is 0 Å². The van der Waals surface area contributed by atoms with Gasteiger partial charge in [-0.15, -0.1) is 0 Å². The van der Waals surface area contributed by atoms with E-state index in [9.17, 15) is 0 Å². The highest BCUT2D eigenvalue weighted by atomic mass is 14.1. The van der Waals surface area contributed by atoms with Gasteiger partial charge in [0.15, 0.2) is 0 Å². The predicted molar refractivity (Wildman–Crippen MR) is 50.4 cm³/mol. The third-order valence-corrected chi connectivity index (χ3v) is 2.33. The van der Waals surface area contributed by atoms with Crippen LogP contribution in [0.25, 0.3) is 0 Å². The molecule has 0 nitrogen and oxygen atoms in total. The maximum absolute atomic E-state index is 2.39. The van der Waals surface area contributed by atoms with Gasteiger partial charge < -0.3 is 0 Å². The summed E-state index contributed by atoms with van der Waals surface area (Å²) >= 11 is 0. The van der Waals surface area contributed by atoms with Gasteiger partial charge in [0, 0.05) is 0 Å². The molecule has 0 amide bonds. The van der Waals surface area contributed by atoms with Crippen molar-refractivity contribution in [2.75, 3.05) is 0 Å². The molecular formula is C11H19. The van der Waals surface area contributed by atoms with E-state index in [1.807, 2.05) is 0 Å². The van der Waals surface area contributed by atoms with Crippen LogP contribution in [0.1, 0.15) is 51.9 Å². The first kappa shape index (κ1) is 8.83. The Morgan fingerprint density at radius 2 is 2.18 bits per heavy atom. The standard InChI is InChI=1S/C11H19/c1-2-3-4-5-8-11-9-6-7-10-11/h6,10H,2-5,7-9H2,1H3. The summed E-state index contributed by atoms with van der Waals surface area (Å²) in [6.45, 7) is 2.27. The summed E-state index contributed by atoms with van der Waals surface area (Å²) < 4.78 is 0. The molecule has 1 aliphatic carbocycles. The Balaban J connectivity index is 1.94. The van der Waals surface area contributed by atoms with Crippen LogP contribution >= 0.6 is 0 Å². The molecule has 0 aromatic rings. The number of rotatable bonds is 5. The molecule has 0 fully saturated rings. The SMILES string of the molecule is CCCCCCC1=CC[CH]C1. The normalized spacial score (nSPS) is 17.0. The van der Waals surface area contributed by atoms with Crippen LogP contribution in [0.3, 0.4) is 0 Å². The summed E-state index contributed by atoms with van der Waals surface area (Å²) in [5.41, 5.74) is 1.68. The molecule has 0 heterocycles. The summed E-state index contributed by atoms with van der Waals surface area (Å²) in [7, 11) is 0. The highest BCUT2D eigenvalue weighted by Crippen LogP contribution is 2.21. The van der Waals surface area contributed by atoms with E-state index in [1.54, 1.807) is 5.57 Å². The minimum Gasteiger partial charge on any atom is -0.0850 e. The van der Waals surface area contributed by atoms with Crippen LogP contribution < -0.4 is 0 Å². The summed E-state index contributed by atoms with van der Waals surface area (Å²) in [5, 5.41) is 0. The van der Waals surface area contributed by atoms with Gasteiger partial charge in [-0.25, -0.2) is 0 Å². The minimum atomic E-state index is 1.23. The second-order valence-electron chi connectivity index (χ2n) is 3.40. The Bertz CT molecular complexity index is 122. The molecule has 0 saturated carbocycles. The first-order valence-electron chi connectivity index (χ1n) is 4.93. The van der Waals surface area contributed by atoms with E-state index in [-0.39, 0.29) is 0 Å². The maximum Gasteiger partial charge on any atom is -0.0286 e. The monoisotopic (exact) mass is 151 g/mol. The van der Waals surface area contributed by atoms with Crippen molar-refractivity contribution in [3.63, 3.8) is 0 Å². The lowest BCUT2D eigenvalue weighted by Crippen LogP contribution is -1.80. The Kier molecular flexibility index (Phi) is 4.33. The summed E-state index contributed by atoms with van der Waals surface area (Å²) in [6.07, 6.45) is 14.2. The van der Waals surface area contributed by atoms with Gasteiger partial charge >= 0.3 is 0 Å². The fraction of sp³-hybridized carbons (Fsp3) is 0.727. The molecule has 0 heteroatoms. The summed E-state index contributed by atoms with van der Waals surface area (Å²) in [6, 6.07) is 0. The first-order valence-corrected chi connectivity index (χ1v) is 4.93. The van der Waals surface area contributed by atoms with Gasteiger partial charge in [-0.2, -0.15) is 0 Å². The van der Waals surface area contributed by atoms with E-state index < -0.39 is 0 Å². The Morgan fingerprint density at radius 1 is 1.27 bits per heavy atom. The molecule has 1 aliphatic rings. The zero-order valence-corrected chi connectivity index (χ0v) is 7.60. The number of hydrogen-bond acceptors (Lipinski definition) is 0. The molecule has 0 bridgehead atoms. The molecule has 63 valence electrons. The Labute approximate surface area is 70.7 Å². The third kappa shape index (κ3) is 3.60. The molecule has 0 unspecified atom stereocenters. The fourth-order valence-corrected chi connectivity index (χ4v) is 1.59. The van der Waals surface area contributed by atoms with E-state index in [0.29, 0.717) is 0 Å². The molecule has 1 rings (SSSR count). The van der Waals surface area contributed by atoms with Crippen LogP contribution in [0.5, 0.6) is 0 Å². The largest absolute Gasteiger partial charge is 0.0850 e. The van der Waals surface area contributed by atoms with Crippen LogP contribution in [0, 0.1) is 6.42 Å². The highest BCUT2D eigenvalue weighted by Gasteiger charge is 2.03. The molecule has 0 N–H and O–H groups in total. The van der Waals surface area contributed by atoms with Crippen molar-refractivity contribution < 1.29 is 0 Å². The van der Waals surface area contributed by atoms with Crippen molar-refractivity contribution in [1.82, 2.24) is 0 Å². The minimum absolute atomic E-state index is 1.23. The van der Waals surface area contributed by atoms with Crippen molar-refractivity contribution in [3.05, 3.63) is 18.1 Å². The molecule has 0 spiro atoms. The van der Waals surface area contributed by atoms with Crippen molar-refractivity contribution in [2.45, 2.75) is 51.9 Å². The molecule has 0 aromatic heterocycles. The molecule has 11 heavy (non-hydrogen) atoms. The van der Waals surface area contributed by atoms with Crippen LogP contribution in [0.15, 0.2) is 11.6 Å². The van der Waals surface area contributed by atoms with E-state index >= 15 is 0 Å². The number of unbranched alkanes of at least 4 members (excludes halogenated alkanes) is 3. The van der Waals surface area contributed by atoms with E-state index in [1.165, 1.54) is 44.9 Å². The van der Waals surface area contributed by atoms with Gasteiger partial charge in [0.25, 0.3) is 0 Å². The van der Waals surface area contributed by atoms with Gasteiger partial charge in [0.05, 0.1) is 0 Å². The van der Waals surface area contributed by atoms with Gasteiger partial charge in [-0.05, 0) is 32.1 Å². The zero-order valence-electron chi connectivity index (χ0n) is 7.60. The van der Waals surface area contributed by atoms with Crippen molar-refractivity contribution in [1.29, 1.82) is 0 Å². The molecule has 0 aliphatic heterocycles. The van der Waals surface area contributed by atoms with Crippen molar-refractivity contribution in [3.8, 4) is 0 Å². The average Bonchev–Trinajstić information content (AvgIpc) is 2.50. The first-order chi connectivity index (χ1) is 5.43. The smallest absolute Gasteiger partial charge is 0.0286 e. The number of allylic oxidation sites excluding steroid dienone is 2. The van der Waals surface area contributed by atoms with Crippen LogP contribution in [0.4, 0.5) is 0 Å². The number of hydrogen-bond donors (Lipinski definition) is 0. The van der Waals surface area contributed by atoms with Crippen LogP contribution in [-0.2, 0) is 0 Å². The van der Waals surface area contributed by atoms with E-state index in [4.69, 9.17) is 0 Å². The summed E-state index contributed by atoms with van der Waals surface area (Å²) in [5.74, 6) is 0. The van der Waals surface area contributed by atoms with E-state index in [0.717, 1.165) is 0 Å². The summed E-state index contributed by atoms with van der Waals surface area (Å²) in [4.78, 5) is 0. The van der Waals surface area contributed by atoms with Crippen molar-refractivity contribution >= 4 is 0 Å². The molecule has 0 saturated heterocycles. The van der Waals surface area contributed by atoms with Gasteiger partial charge in [-0.3, -0.25) is 0 Å². The molecular weight excluding hydrogens is 132 g/mol. The molecule has 1 radical (unpaired) electrons.